The van der Waals surface area contributed by atoms with Crippen molar-refractivity contribution in [3.05, 3.63) is 23.8 Å². The molecule has 1 amide bonds. The number of rotatable bonds is 5. The molecule has 0 unspecified atom stereocenters. The first-order valence-corrected chi connectivity index (χ1v) is 6.97. The number of carbonyl (C=O) groups excluding carboxylic acids is 1. The third kappa shape index (κ3) is 2.05. The maximum Gasteiger partial charge on any atom is 0.241 e. The Labute approximate surface area is 143 Å². The zero-order valence-electron chi connectivity index (χ0n) is 13.5. The Morgan fingerprint density at radius 1 is 1.16 bits per heavy atom. The minimum atomic E-state index is -2.03. The monoisotopic (exact) mass is 338 g/mol. The molecular weight excluding hydrogens is 324 g/mol. The van der Waals surface area contributed by atoms with E-state index in [1.54, 1.807) is 30.3 Å². The first-order chi connectivity index (χ1) is 11.9. The highest BCUT2D eigenvalue weighted by atomic mass is 16.5. The van der Waals surface area contributed by atoms with Crippen molar-refractivity contribution in [1.82, 2.24) is 0 Å². The molecule has 0 bridgehead atoms. The molecule has 126 valence electrons. The van der Waals surface area contributed by atoms with Gasteiger partial charge < -0.3 is 21.1 Å². The third-order valence-corrected chi connectivity index (χ3v) is 4.41. The lowest BCUT2D eigenvalue weighted by atomic mass is 9.96. The molecular formula is C16H14N6O3. The minimum absolute atomic E-state index is 0.0319. The van der Waals surface area contributed by atoms with Crippen LogP contribution in [0.4, 0.5) is 0 Å². The Morgan fingerprint density at radius 2 is 1.76 bits per heavy atom. The van der Waals surface area contributed by atoms with Crippen molar-refractivity contribution in [2.24, 2.45) is 33.4 Å². The number of nitrogens with two attached hydrogens (primary N) is 2. The quantitative estimate of drug-likeness (QED) is 0.432. The molecule has 4 N–H and O–H groups in total. The van der Waals surface area contributed by atoms with Gasteiger partial charge in [-0.15, -0.1) is 0 Å². The molecule has 1 fully saturated rings. The van der Waals surface area contributed by atoms with Gasteiger partial charge in [0.25, 0.3) is 0 Å². The number of nitrogens with zero attached hydrogens (tertiary/aromatic N) is 4. The summed E-state index contributed by atoms with van der Waals surface area (Å²) in [5.41, 5.74) is 1.75. The van der Waals surface area contributed by atoms with Gasteiger partial charge in [-0.1, -0.05) is 0 Å². The second-order valence-electron chi connectivity index (χ2n) is 5.33. The average molecular weight is 338 g/mol. The molecule has 2 atom stereocenters. The number of amides is 1. The molecule has 0 heterocycles. The van der Waals surface area contributed by atoms with E-state index in [9.17, 15) is 20.6 Å². The van der Waals surface area contributed by atoms with E-state index in [0.717, 1.165) is 0 Å². The van der Waals surface area contributed by atoms with Crippen LogP contribution in [-0.4, -0.2) is 25.8 Å². The molecule has 0 saturated heterocycles. The Balaban J connectivity index is 2.64. The lowest BCUT2D eigenvalue weighted by Gasteiger charge is -2.11. The van der Waals surface area contributed by atoms with Gasteiger partial charge in [-0.25, -0.2) is 0 Å². The number of hydrazone groups is 1. The summed E-state index contributed by atoms with van der Waals surface area (Å²) in [7, 11) is 2.89. The summed E-state index contributed by atoms with van der Waals surface area (Å²) >= 11 is 0. The average Bonchev–Trinajstić information content (AvgIpc) is 3.25. The number of carbonyl (C=O) groups is 1. The van der Waals surface area contributed by atoms with Crippen LogP contribution in [-0.2, 0) is 4.79 Å². The van der Waals surface area contributed by atoms with E-state index >= 15 is 0 Å². The van der Waals surface area contributed by atoms with Crippen molar-refractivity contribution in [2.45, 2.75) is 0 Å². The molecule has 0 spiro atoms. The molecule has 1 aliphatic carbocycles. The standard InChI is InChI=1S/C16H14N6O3/c1-24-10-4-3-9(5-11(10)25-2)12(22-21)13-15(6-17,7-18)16(13,8-19)14(20)23/h3-5,13H,21H2,1-2H3,(H2,20,23)/b22-12-/t13-,16-/m0/s1. The van der Waals surface area contributed by atoms with Gasteiger partial charge >= 0.3 is 0 Å². The zero-order chi connectivity index (χ0) is 18.8. The minimum Gasteiger partial charge on any atom is -0.493 e. The van der Waals surface area contributed by atoms with E-state index in [1.165, 1.54) is 20.3 Å². The molecule has 1 aromatic carbocycles. The molecule has 0 aliphatic heterocycles. The van der Waals surface area contributed by atoms with Crippen molar-refractivity contribution in [1.29, 1.82) is 15.8 Å². The van der Waals surface area contributed by atoms with Gasteiger partial charge in [0.15, 0.2) is 22.3 Å². The summed E-state index contributed by atoms with van der Waals surface area (Å²) in [6, 6.07) is 9.84. The fraction of sp³-hybridized carbons (Fsp3) is 0.312. The van der Waals surface area contributed by atoms with Crippen LogP contribution in [0.5, 0.6) is 11.5 Å². The predicted molar refractivity (Wildman–Crippen MR) is 84.7 cm³/mol. The van der Waals surface area contributed by atoms with Crippen molar-refractivity contribution < 1.29 is 14.3 Å². The van der Waals surface area contributed by atoms with Crippen LogP contribution in [0.15, 0.2) is 23.3 Å². The fourth-order valence-electron chi connectivity index (χ4n) is 3.07. The van der Waals surface area contributed by atoms with Crippen LogP contribution in [0.2, 0.25) is 0 Å². The molecule has 9 heteroatoms. The van der Waals surface area contributed by atoms with Crippen LogP contribution < -0.4 is 21.1 Å². The van der Waals surface area contributed by atoms with Gasteiger partial charge in [-0.3, -0.25) is 4.79 Å². The van der Waals surface area contributed by atoms with Crippen LogP contribution in [0.1, 0.15) is 5.56 Å². The number of hydrogen-bond donors (Lipinski definition) is 2. The normalized spacial score (nSPS) is 23.5. The molecule has 0 aromatic heterocycles. The van der Waals surface area contributed by atoms with E-state index in [-0.39, 0.29) is 5.71 Å². The fourth-order valence-corrected chi connectivity index (χ4v) is 3.07. The maximum absolute atomic E-state index is 11.9. The Bertz CT molecular complexity index is 875. The number of ether oxygens (including phenoxy) is 2. The van der Waals surface area contributed by atoms with Crippen molar-refractivity contribution in [3.63, 3.8) is 0 Å². The van der Waals surface area contributed by atoms with Crippen LogP contribution in [0.3, 0.4) is 0 Å². The highest BCUT2D eigenvalue weighted by molar-refractivity contribution is 6.12. The number of primary amides is 1. The number of hydrogen-bond acceptors (Lipinski definition) is 8. The van der Waals surface area contributed by atoms with Crippen LogP contribution in [0, 0.1) is 50.7 Å². The van der Waals surface area contributed by atoms with E-state index in [1.807, 2.05) is 0 Å². The van der Waals surface area contributed by atoms with Gasteiger partial charge in [-0.05, 0) is 18.2 Å². The lowest BCUT2D eigenvalue weighted by Crippen LogP contribution is -2.30. The summed E-state index contributed by atoms with van der Waals surface area (Å²) in [4.78, 5) is 11.9. The third-order valence-electron chi connectivity index (χ3n) is 4.41. The highest BCUT2D eigenvalue weighted by Gasteiger charge is 2.85. The smallest absolute Gasteiger partial charge is 0.241 e. The Morgan fingerprint density at radius 3 is 2.12 bits per heavy atom. The molecule has 1 saturated carbocycles. The van der Waals surface area contributed by atoms with Gasteiger partial charge in [0, 0.05) is 5.56 Å². The summed E-state index contributed by atoms with van der Waals surface area (Å²) in [6.45, 7) is 0. The van der Waals surface area contributed by atoms with Crippen molar-refractivity contribution in [2.75, 3.05) is 14.2 Å². The van der Waals surface area contributed by atoms with Crippen molar-refractivity contribution >= 4 is 11.6 Å². The zero-order valence-corrected chi connectivity index (χ0v) is 13.5. The molecule has 9 nitrogen and oxygen atoms in total. The molecule has 1 aliphatic rings. The highest BCUT2D eigenvalue weighted by Crippen LogP contribution is 2.69. The van der Waals surface area contributed by atoms with E-state index in [4.69, 9.17) is 21.1 Å². The maximum atomic E-state index is 11.9. The summed E-state index contributed by atoms with van der Waals surface area (Å²) < 4.78 is 10.3. The van der Waals surface area contributed by atoms with Crippen molar-refractivity contribution in [3.8, 4) is 29.7 Å². The predicted octanol–water partition coefficient (Wildman–Crippen LogP) is 0.0252. The Kier molecular flexibility index (Phi) is 4.24. The van der Waals surface area contributed by atoms with E-state index < -0.39 is 22.7 Å². The molecule has 0 radical (unpaired) electrons. The Hall–Kier alpha value is -3.77. The van der Waals surface area contributed by atoms with E-state index in [2.05, 4.69) is 5.10 Å². The number of nitriles is 3. The summed E-state index contributed by atoms with van der Waals surface area (Å²) in [6.07, 6.45) is 0. The van der Waals surface area contributed by atoms with Gasteiger partial charge in [-0.2, -0.15) is 20.9 Å². The van der Waals surface area contributed by atoms with E-state index in [0.29, 0.717) is 17.1 Å². The largest absolute Gasteiger partial charge is 0.493 e. The first kappa shape index (κ1) is 17.6. The molecule has 25 heavy (non-hydrogen) atoms. The van der Waals surface area contributed by atoms with Gasteiger partial charge in [0.2, 0.25) is 5.91 Å². The second-order valence-corrected chi connectivity index (χ2v) is 5.33. The molecule has 2 rings (SSSR count). The van der Waals surface area contributed by atoms with Crippen LogP contribution >= 0.6 is 0 Å². The van der Waals surface area contributed by atoms with Gasteiger partial charge in [0.05, 0.1) is 44.1 Å². The van der Waals surface area contributed by atoms with Crippen LogP contribution in [0.25, 0.3) is 0 Å². The summed E-state index contributed by atoms with van der Waals surface area (Å²) in [5.74, 6) is 3.98. The second kappa shape index (κ2) is 6.03. The topological polar surface area (TPSA) is 171 Å². The van der Waals surface area contributed by atoms with Gasteiger partial charge in [0.1, 0.15) is 0 Å². The SMILES string of the molecule is COc1ccc(/C(=N/N)[C@H]2C(C#N)(C#N)[C@]2(C#N)C(N)=O)cc1OC. The molecule has 1 aromatic rings. The first-order valence-electron chi connectivity index (χ1n) is 6.97. The lowest BCUT2D eigenvalue weighted by molar-refractivity contribution is -0.121. The summed E-state index contributed by atoms with van der Waals surface area (Å²) in [5, 5.41) is 32.0. The number of benzene rings is 1. The number of methoxy groups -OCH3 is 2.